The highest BCUT2D eigenvalue weighted by Crippen LogP contribution is 2.29. The van der Waals surface area contributed by atoms with Gasteiger partial charge in [-0.3, -0.25) is 14.2 Å². The third-order valence-electron chi connectivity index (χ3n) is 7.04. The van der Waals surface area contributed by atoms with Gasteiger partial charge in [-0.25, -0.2) is 4.98 Å². The van der Waals surface area contributed by atoms with Crippen molar-refractivity contribution in [3.8, 4) is 11.4 Å². The number of aryl methyl sites for hydroxylation is 2. The largest absolute Gasteiger partial charge is 0.495 e. The number of para-hydroxylation sites is 1. The van der Waals surface area contributed by atoms with Crippen LogP contribution in [0.25, 0.3) is 16.6 Å². The first kappa shape index (κ1) is 28.0. The SMILES string of the molecule is CCCCc1ccc(C(=O)N(CCOC)C(C)c2nc3ccccc3c(=O)n2-c2cc(C)ccc2OC)cc1. The third-order valence-corrected chi connectivity index (χ3v) is 7.04. The van der Waals surface area contributed by atoms with Crippen LogP contribution in [-0.4, -0.2) is 47.7 Å². The topological polar surface area (TPSA) is 73.7 Å². The van der Waals surface area contributed by atoms with E-state index in [0.29, 0.717) is 46.9 Å². The van der Waals surface area contributed by atoms with Gasteiger partial charge < -0.3 is 14.4 Å². The van der Waals surface area contributed by atoms with E-state index in [1.165, 1.54) is 5.56 Å². The smallest absolute Gasteiger partial charge is 0.266 e. The first-order valence-corrected chi connectivity index (χ1v) is 13.4. The zero-order valence-corrected chi connectivity index (χ0v) is 23.4. The lowest BCUT2D eigenvalue weighted by Crippen LogP contribution is -2.39. The second kappa shape index (κ2) is 12.7. The highest BCUT2D eigenvalue weighted by molar-refractivity contribution is 5.94. The molecule has 1 amide bonds. The molecule has 0 fully saturated rings. The summed E-state index contributed by atoms with van der Waals surface area (Å²) in [4.78, 5) is 34.5. The van der Waals surface area contributed by atoms with Crippen molar-refractivity contribution in [1.29, 1.82) is 0 Å². The van der Waals surface area contributed by atoms with Crippen LogP contribution in [0.2, 0.25) is 0 Å². The number of nitrogens with zero attached hydrogens (tertiary/aromatic N) is 3. The van der Waals surface area contributed by atoms with Crippen molar-refractivity contribution in [3.63, 3.8) is 0 Å². The summed E-state index contributed by atoms with van der Waals surface area (Å²) in [6.45, 7) is 6.71. The predicted octanol–water partition coefficient (Wildman–Crippen LogP) is 5.90. The first-order chi connectivity index (χ1) is 18.9. The molecule has 0 radical (unpaired) electrons. The Morgan fingerprint density at radius 1 is 1.05 bits per heavy atom. The average molecular weight is 528 g/mol. The molecule has 204 valence electrons. The minimum absolute atomic E-state index is 0.147. The van der Waals surface area contributed by atoms with E-state index < -0.39 is 6.04 Å². The van der Waals surface area contributed by atoms with E-state index in [4.69, 9.17) is 14.5 Å². The molecule has 0 spiro atoms. The maximum atomic E-state index is 14.0. The Bertz CT molecular complexity index is 1490. The maximum Gasteiger partial charge on any atom is 0.266 e. The molecule has 1 unspecified atom stereocenters. The van der Waals surface area contributed by atoms with Crippen LogP contribution in [0.3, 0.4) is 0 Å². The van der Waals surface area contributed by atoms with Gasteiger partial charge in [0.15, 0.2) is 0 Å². The van der Waals surface area contributed by atoms with Crippen molar-refractivity contribution < 1.29 is 14.3 Å². The van der Waals surface area contributed by atoms with Gasteiger partial charge >= 0.3 is 0 Å². The molecule has 7 heteroatoms. The van der Waals surface area contributed by atoms with Crippen LogP contribution in [0.5, 0.6) is 5.75 Å². The summed E-state index contributed by atoms with van der Waals surface area (Å²) in [6, 6.07) is 20.2. The summed E-state index contributed by atoms with van der Waals surface area (Å²) in [6.07, 6.45) is 3.22. The number of ether oxygens (including phenoxy) is 2. The molecule has 1 atom stereocenters. The molecule has 4 rings (SSSR count). The Morgan fingerprint density at radius 3 is 2.49 bits per heavy atom. The van der Waals surface area contributed by atoms with Crippen LogP contribution < -0.4 is 10.3 Å². The third kappa shape index (κ3) is 6.04. The highest BCUT2D eigenvalue weighted by atomic mass is 16.5. The Kier molecular flexibility index (Phi) is 9.15. The van der Waals surface area contributed by atoms with E-state index >= 15 is 0 Å². The standard InChI is InChI=1S/C32H37N3O4/c1-6-7-10-24-14-16-25(17-15-24)31(36)34(19-20-38-4)23(3)30-33-27-12-9-8-11-26(27)32(37)35(30)28-21-22(2)13-18-29(28)39-5/h8-9,11-18,21,23H,6-7,10,19-20H2,1-5H3. The van der Waals surface area contributed by atoms with Crippen molar-refractivity contribution in [2.24, 2.45) is 0 Å². The molecule has 1 aromatic heterocycles. The summed E-state index contributed by atoms with van der Waals surface area (Å²) in [5.41, 5.74) is 3.71. The van der Waals surface area contributed by atoms with Crippen molar-refractivity contribution in [1.82, 2.24) is 14.5 Å². The summed E-state index contributed by atoms with van der Waals surface area (Å²) in [5.74, 6) is 0.851. The summed E-state index contributed by atoms with van der Waals surface area (Å²) in [5, 5.41) is 0.495. The van der Waals surface area contributed by atoms with Gasteiger partial charge in [0.05, 0.1) is 36.3 Å². The second-order valence-corrected chi connectivity index (χ2v) is 9.77. The van der Waals surface area contributed by atoms with Crippen molar-refractivity contribution >= 4 is 16.8 Å². The van der Waals surface area contributed by atoms with Crippen molar-refractivity contribution in [3.05, 3.63) is 99.6 Å². The number of amides is 1. The number of aromatic nitrogens is 2. The van der Waals surface area contributed by atoms with Gasteiger partial charge in [-0.05, 0) is 74.2 Å². The predicted molar refractivity (Wildman–Crippen MR) is 155 cm³/mol. The lowest BCUT2D eigenvalue weighted by atomic mass is 10.0. The highest BCUT2D eigenvalue weighted by Gasteiger charge is 2.28. The molecule has 0 aliphatic heterocycles. The minimum atomic E-state index is -0.546. The molecule has 0 aliphatic carbocycles. The number of fused-ring (bicyclic) bond motifs is 1. The Morgan fingerprint density at radius 2 is 1.79 bits per heavy atom. The van der Waals surface area contributed by atoms with E-state index in [0.717, 1.165) is 24.8 Å². The molecule has 7 nitrogen and oxygen atoms in total. The van der Waals surface area contributed by atoms with E-state index in [1.54, 1.807) is 29.8 Å². The average Bonchev–Trinajstić information content (AvgIpc) is 2.96. The Balaban J connectivity index is 1.86. The number of carbonyl (C=O) groups is 1. The normalized spacial score (nSPS) is 11.9. The van der Waals surface area contributed by atoms with Crippen molar-refractivity contribution in [2.75, 3.05) is 27.4 Å². The number of hydrogen-bond donors (Lipinski definition) is 0. The first-order valence-electron chi connectivity index (χ1n) is 13.4. The molecule has 3 aromatic carbocycles. The van der Waals surface area contributed by atoms with Gasteiger partial charge in [0.2, 0.25) is 0 Å². The summed E-state index contributed by atoms with van der Waals surface area (Å²) in [7, 11) is 3.19. The fourth-order valence-electron chi connectivity index (χ4n) is 4.80. The molecular weight excluding hydrogens is 490 g/mol. The van der Waals surface area contributed by atoms with Gasteiger partial charge in [-0.1, -0.05) is 43.7 Å². The van der Waals surface area contributed by atoms with Crippen LogP contribution in [0, 0.1) is 6.92 Å². The number of methoxy groups -OCH3 is 2. The quantitative estimate of drug-likeness (QED) is 0.243. The fraction of sp³-hybridized carbons (Fsp3) is 0.344. The van der Waals surface area contributed by atoms with E-state index in [2.05, 4.69) is 6.92 Å². The maximum absolute atomic E-state index is 14.0. The Labute approximate surface area is 230 Å². The molecule has 0 saturated heterocycles. The molecule has 0 N–H and O–H groups in total. The number of unbranched alkanes of at least 4 members (excludes halogenated alkanes) is 1. The van der Waals surface area contributed by atoms with E-state index in [1.807, 2.05) is 74.5 Å². The lowest BCUT2D eigenvalue weighted by Gasteiger charge is -2.31. The lowest BCUT2D eigenvalue weighted by molar-refractivity contribution is 0.0605. The molecule has 0 aliphatic rings. The van der Waals surface area contributed by atoms with Gasteiger partial charge in [0, 0.05) is 19.2 Å². The van der Waals surface area contributed by atoms with Gasteiger partial charge in [0.1, 0.15) is 11.6 Å². The zero-order valence-electron chi connectivity index (χ0n) is 23.4. The van der Waals surface area contributed by atoms with Gasteiger partial charge in [-0.15, -0.1) is 0 Å². The van der Waals surface area contributed by atoms with Gasteiger partial charge in [0.25, 0.3) is 11.5 Å². The van der Waals surface area contributed by atoms with E-state index in [9.17, 15) is 9.59 Å². The van der Waals surface area contributed by atoms with Crippen LogP contribution in [0.15, 0.2) is 71.5 Å². The number of benzene rings is 3. The number of carbonyl (C=O) groups excluding carboxylic acids is 1. The van der Waals surface area contributed by atoms with Crippen molar-refractivity contribution in [2.45, 2.75) is 46.1 Å². The molecule has 0 saturated carbocycles. The van der Waals surface area contributed by atoms with Crippen LogP contribution in [0.1, 0.15) is 60.0 Å². The van der Waals surface area contributed by atoms with Gasteiger partial charge in [-0.2, -0.15) is 0 Å². The fourth-order valence-corrected chi connectivity index (χ4v) is 4.80. The van der Waals surface area contributed by atoms with Crippen LogP contribution in [-0.2, 0) is 11.2 Å². The summed E-state index contributed by atoms with van der Waals surface area (Å²) >= 11 is 0. The Hall–Kier alpha value is -3.97. The molecular formula is C32H37N3O4. The number of hydrogen-bond acceptors (Lipinski definition) is 5. The minimum Gasteiger partial charge on any atom is -0.495 e. The summed E-state index contributed by atoms with van der Waals surface area (Å²) < 4.78 is 12.6. The zero-order chi connectivity index (χ0) is 27.9. The number of rotatable bonds is 11. The second-order valence-electron chi connectivity index (χ2n) is 9.77. The molecule has 0 bridgehead atoms. The van der Waals surface area contributed by atoms with Crippen LogP contribution >= 0.6 is 0 Å². The molecule has 1 heterocycles. The molecule has 4 aromatic rings. The van der Waals surface area contributed by atoms with Crippen LogP contribution in [0.4, 0.5) is 0 Å². The monoisotopic (exact) mass is 527 g/mol. The van der Waals surface area contributed by atoms with E-state index in [-0.39, 0.29) is 11.5 Å². The molecule has 39 heavy (non-hydrogen) atoms.